The minimum Gasteiger partial charge on any atom is -0.389 e. The molecule has 0 amide bonds. The summed E-state index contributed by atoms with van der Waals surface area (Å²) >= 11 is 0. The molecule has 2 bridgehead atoms. The van der Waals surface area contributed by atoms with Crippen molar-refractivity contribution in [2.24, 2.45) is 5.92 Å². The summed E-state index contributed by atoms with van der Waals surface area (Å²) in [6.45, 7) is 7.64. The first kappa shape index (κ1) is 12.2. The fourth-order valence-corrected chi connectivity index (χ4v) is 3.53. The molecule has 0 aromatic heterocycles. The van der Waals surface area contributed by atoms with Crippen molar-refractivity contribution in [2.75, 3.05) is 19.6 Å². The SMILES string of the molecule is Cc1ccc(CC2(O)CCN3CCC2C3)cc1C. The summed E-state index contributed by atoms with van der Waals surface area (Å²) < 4.78 is 0. The number of fused-ring (bicyclic) bond motifs is 2. The van der Waals surface area contributed by atoms with Crippen LogP contribution in [0.3, 0.4) is 0 Å². The number of nitrogens with zero attached hydrogens (tertiary/aromatic N) is 1. The predicted molar refractivity (Wildman–Crippen MR) is 73.7 cm³/mol. The molecule has 2 aliphatic heterocycles. The molecule has 0 saturated carbocycles. The van der Waals surface area contributed by atoms with E-state index in [4.69, 9.17) is 0 Å². The molecule has 1 aromatic carbocycles. The summed E-state index contributed by atoms with van der Waals surface area (Å²) in [5, 5.41) is 10.9. The molecule has 2 heterocycles. The molecular weight excluding hydrogens is 222 g/mol. The maximum atomic E-state index is 10.9. The molecule has 3 unspecified atom stereocenters. The van der Waals surface area contributed by atoms with Gasteiger partial charge in [-0.05, 0) is 49.9 Å². The third kappa shape index (κ3) is 2.08. The van der Waals surface area contributed by atoms with Crippen LogP contribution in [0.5, 0.6) is 0 Å². The largest absolute Gasteiger partial charge is 0.389 e. The third-order valence-electron chi connectivity index (χ3n) is 4.97. The summed E-state index contributed by atoms with van der Waals surface area (Å²) in [6, 6.07) is 6.61. The van der Waals surface area contributed by atoms with E-state index in [9.17, 15) is 5.11 Å². The van der Waals surface area contributed by atoms with Crippen molar-refractivity contribution in [2.45, 2.75) is 38.7 Å². The van der Waals surface area contributed by atoms with Crippen molar-refractivity contribution < 1.29 is 5.11 Å². The van der Waals surface area contributed by atoms with Gasteiger partial charge in [-0.1, -0.05) is 18.2 Å². The topological polar surface area (TPSA) is 23.5 Å². The summed E-state index contributed by atoms with van der Waals surface area (Å²) in [4.78, 5) is 2.49. The molecule has 3 atom stereocenters. The van der Waals surface area contributed by atoms with Crippen molar-refractivity contribution in [3.8, 4) is 0 Å². The second kappa shape index (κ2) is 4.36. The third-order valence-corrected chi connectivity index (χ3v) is 4.97. The predicted octanol–water partition coefficient (Wildman–Crippen LogP) is 2.30. The standard InChI is InChI=1S/C16H23NO/c1-12-3-4-14(9-13(12)2)10-16(18)6-8-17-7-5-15(16)11-17/h3-4,9,15,18H,5-8,10-11H2,1-2H3. The Morgan fingerprint density at radius 1 is 1.28 bits per heavy atom. The number of benzene rings is 1. The van der Waals surface area contributed by atoms with Gasteiger partial charge in [-0.2, -0.15) is 0 Å². The van der Waals surface area contributed by atoms with Crippen LogP contribution in [0.25, 0.3) is 0 Å². The molecule has 1 N–H and O–H groups in total. The van der Waals surface area contributed by atoms with Crippen molar-refractivity contribution in [1.82, 2.24) is 4.90 Å². The molecule has 98 valence electrons. The van der Waals surface area contributed by atoms with Gasteiger partial charge in [-0.15, -0.1) is 0 Å². The summed E-state index contributed by atoms with van der Waals surface area (Å²) in [5.74, 6) is 0.479. The van der Waals surface area contributed by atoms with Gasteiger partial charge in [0.1, 0.15) is 0 Å². The monoisotopic (exact) mass is 245 g/mol. The first-order valence-corrected chi connectivity index (χ1v) is 7.08. The molecule has 2 fully saturated rings. The minimum atomic E-state index is -0.464. The zero-order valence-corrected chi connectivity index (χ0v) is 11.4. The van der Waals surface area contributed by atoms with E-state index in [0.717, 1.165) is 25.9 Å². The van der Waals surface area contributed by atoms with Gasteiger partial charge in [0.25, 0.3) is 0 Å². The van der Waals surface area contributed by atoms with Crippen LogP contribution in [0, 0.1) is 19.8 Å². The highest BCUT2D eigenvalue weighted by atomic mass is 16.3. The van der Waals surface area contributed by atoms with E-state index in [2.05, 4.69) is 36.9 Å². The van der Waals surface area contributed by atoms with Gasteiger partial charge in [0.15, 0.2) is 0 Å². The van der Waals surface area contributed by atoms with Gasteiger partial charge < -0.3 is 10.0 Å². The van der Waals surface area contributed by atoms with Crippen LogP contribution in [-0.2, 0) is 6.42 Å². The Hall–Kier alpha value is -0.860. The lowest BCUT2D eigenvalue weighted by Gasteiger charge is -2.39. The Labute approximate surface area is 110 Å². The molecule has 2 heteroatoms. The molecule has 2 nitrogen and oxygen atoms in total. The number of piperidine rings is 1. The maximum Gasteiger partial charge on any atom is 0.0740 e. The van der Waals surface area contributed by atoms with Gasteiger partial charge in [-0.25, -0.2) is 0 Å². The number of hydrogen-bond donors (Lipinski definition) is 1. The number of aryl methyl sites for hydroxylation is 2. The molecule has 2 saturated heterocycles. The average Bonchev–Trinajstić information content (AvgIpc) is 2.75. The van der Waals surface area contributed by atoms with Gasteiger partial charge in [0.2, 0.25) is 0 Å². The van der Waals surface area contributed by atoms with Crippen LogP contribution in [-0.4, -0.2) is 35.2 Å². The quantitative estimate of drug-likeness (QED) is 0.864. The van der Waals surface area contributed by atoms with Gasteiger partial charge in [-0.3, -0.25) is 0 Å². The minimum absolute atomic E-state index is 0.464. The van der Waals surface area contributed by atoms with Crippen LogP contribution < -0.4 is 0 Å². The smallest absolute Gasteiger partial charge is 0.0740 e. The molecule has 0 aliphatic carbocycles. The van der Waals surface area contributed by atoms with Crippen molar-refractivity contribution in [3.05, 3.63) is 34.9 Å². The Morgan fingerprint density at radius 2 is 2.11 bits per heavy atom. The van der Waals surface area contributed by atoms with Crippen LogP contribution in [0.4, 0.5) is 0 Å². The van der Waals surface area contributed by atoms with E-state index in [1.807, 2.05) is 0 Å². The zero-order valence-electron chi connectivity index (χ0n) is 11.4. The molecular formula is C16H23NO. The molecule has 18 heavy (non-hydrogen) atoms. The van der Waals surface area contributed by atoms with Crippen LogP contribution >= 0.6 is 0 Å². The molecule has 0 radical (unpaired) electrons. The average molecular weight is 245 g/mol. The van der Waals surface area contributed by atoms with Crippen LogP contribution in [0.15, 0.2) is 18.2 Å². The molecule has 1 aromatic rings. The molecule has 3 rings (SSSR count). The lowest BCUT2D eigenvalue weighted by atomic mass is 9.77. The zero-order chi connectivity index (χ0) is 12.8. The second-order valence-electron chi connectivity index (χ2n) is 6.24. The Bertz CT molecular complexity index is 456. The summed E-state index contributed by atoms with van der Waals surface area (Å²) in [7, 11) is 0. The molecule has 0 spiro atoms. The van der Waals surface area contributed by atoms with Crippen molar-refractivity contribution in [3.63, 3.8) is 0 Å². The van der Waals surface area contributed by atoms with Crippen molar-refractivity contribution >= 4 is 0 Å². The van der Waals surface area contributed by atoms with Crippen LogP contribution in [0.2, 0.25) is 0 Å². The van der Waals surface area contributed by atoms with E-state index < -0.39 is 5.60 Å². The van der Waals surface area contributed by atoms with Crippen LogP contribution in [0.1, 0.15) is 29.5 Å². The highest BCUT2D eigenvalue weighted by Gasteiger charge is 2.44. The lowest BCUT2D eigenvalue weighted by molar-refractivity contribution is -0.0438. The first-order valence-electron chi connectivity index (χ1n) is 7.08. The second-order valence-corrected chi connectivity index (χ2v) is 6.24. The number of rotatable bonds is 2. The van der Waals surface area contributed by atoms with E-state index >= 15 is 0 Å². The Kier molecular flexibility index (Phi) is 2.95. The van der Waals surface area contributed by atoms with E-state index in [0.29, 0.717) is 5.92 Å². The Morgan fingerprint density at radius 3 is 2.89 bits per heavy atom. The highest BCUT2D eigenvalue weighted by molar-refractivity contribution is 5.31. The van der Waals surface area contributed by atoms with Crippen molar-refractivity contribution in [1.29, 1.82) is 0 Å². The summed E-state index contributed by atoms with van der Waals surface area (Å²) in [5.41, 5.74) is 3.50. The number of aliphatic hydroxyl groups is 1. The van der Waals surface area contributed by atoms with E-state index in [1.165, 1.54) is 29.7 Å². The maximum absolute atomic E-state index is 10.9. The van der Waals surface area contributed by atoms with Gasteiger partial charge in [0, 0.05) is 25.4 Å². The van der Waals surface area contributed by atoms with Gasteiger partial charge >= 0.3 is 0 Å². The Balaban J connectivity index is 1.80. The number of hydrogen-bond acceptors (Lipinski definition) is 2. The lowest BCUT2D eigenvalue weighted by Crippen LogP contribution is -2.47. The molecule has 2 aliphatic rings. The van der Waals surface area contributed by atoms with Gasteiger partial charge in [0.05, 0.1) is 5.60 Å². The fourth-order valence-electron chi connectivity index (χ4n) is 3.53. The van der Waals surface area contributed by atoms with E-state index in [-0.39, 0.29) is 0 Å². The fraction of sp³-hybridized carbons (Fsp3) is 0.625. The highest BCUT2D eigenvalue weighted by Crippen LogP contribution is 2.37. The first-order chi connectivity index (χ1) is 8.57. The normalized spacial score (nSPS) is 34.8. The summed E-state index contributed by atoms with van der Waals surface area (Å²) in [6.07, 6.45) is 2.93. The van der Waals surface area contributed by atoms with E-state index in [1.54, 1.807) is 0 Å².